The molecule has 3 heterocycles. The number of aliphatic carboxylic acids is 1. The molecule has 3 aromatic carbocycles. The van der Waals surface area contributed by atoms with E-state index in [-0.39, 0.29) is 52.8 Å². The molecule has 3 fully saturated rings. The minimum absolute atomic E-state index is 0.0727. The Labute approximate surface area is 522 Å². The maximum atomic E-state index is 13.5. The Balaban J connectivity index is 0.000000228. The fraction of sp³-hybridized carbons (Fsp3) is 0.385. The summed E-state index contributed by atoms with van der Waals surface area (Å²) in [5, 5.41) is 18.8. The van der Waals surface area contributed by atoms with Gasteiger partial charge in [0.2, 0.25) is 0 Å². The van der Waals surface area contributed by atoms with Gasteiger partial charge in [-0.15, -0.1) is 0 Å². The van der Waals surface area contributed by atoms with E-state index in [1.165, 1.54) is 36.4 Å². The van der Waals surface area contributed by atoms with Crippen LogP contribution in [0.15, 0.2) is 91.4 Å². The number of alkyl halides is 1. The number of carbonyl (C=O) groups excluding carboxylic acids is 1. The van der Waals surface area contributed by atoms with Crippen LogP contribution in [0.4, 0.5) is 13.2 Å². The molecular formula is C52H56F3I6N6O7V2. The molecule has 9 rings (SSSR count). The number of aliphatic hydroxyl groups excluding tert-OH is 1. The fourth-order valence-corrected chi connectivity index (χ4v) is 8.67. The summed E-state index contributed by atoms with van der Waals surface area (Å²) in [6, 6.07) is 19.0. The van der Waals surface area contributed by atoms with Gasteiger partial charge >= 0.3 is 120 Å². The molecule has 6 aromatic rings. The van der Waals surface area contributed by atoms with Crippen molar-refractivity contribution in [1.82, 2.24) is 29.9 Å². The molecule has 0 aliphatic heterocycles. The second kappa shape index (κ2) is 32.4. The molecule has 0 radical (unpaired) electrons. The Morgan fingerprint density at radius 3 is 1.28 bits per heavy atom. The first kappa shape index (κ1) is 67.2. The van der Waals surface area contributed by atoms with E-state index in [0.717, 1.165) is 35.2 Å². The number of halogens is 9. The van der Waals surface area contributed by atoms with Crippen molar-refractivity contribution in [2.75, 3.05) is 31.4 Å². The van der Waals surface area contributed by atoms with Crippen molar-refractivity contribution in [2.45, 2.75) is 77.0 Å². The molecule has 3 aromatic heterocycles. The van der Waals surface area contributed by atoms with Crippen molar-refractivity contribution >= 4 is 135 Å². The number of carboxylic acid groups (broad SMARTS) is 1. The first-order valence-corrected chi connectivity index (χ1v) is 47.8. The van der Waals surface area contributed by atoms with Crippen molar-refractivity contribution in [3.05, 3.63) is 160 Å². The second-order valence-electron chi connectivity index (χ2n) is 17.8. The van der Waals surface area contributed by atoms with Gasteiger partial charge in [0.25, 0.3) is 0 Å². The number of aldehydes is 1. The van der Waals surface area contributed by atoms with Gasteiger partial charge in [-0.25, -0.2) is 43.1 Å². The zero-order valence-electron chi connectivity index (χ0n) is 42.3. The molecule has 24 heteroatoms. The van der Waals surface area contributed by atoms with Crippen LogP contribution in [-0.2, 0) is 40.2 Å². The van der Waals surface area contributed by atoms with E-state index >= 15 is 0 Å². The molecule has 6 atom stereocenters. The minimum atomic E-state index is -0.894. The Kier molecular flexibility index (Phi) is 28.7. The number of aliphatic hydroxyl groups is 1. The standard InChI is InChI=1S/C17H17FN2O3.C17H19FN2O2.C17H17FN2O2.CH3I.5HI.2V/c1-10-15(8-19-11(2)20-10)23-9-17(7-14(17)16(21)22)12-4-3-5-13(18)6-12;2*1-11-16(8-19-12(2)20-11)22-10-17(7-14(17)9-21)13-4-3-5-15(18)6-13;1-2;;;;;;;/h3-6,8,14H,7,9H2,1-2H3,(H,21,22);3-6,8,14,21H,7,9-10H2,1-2H3;3-6,8-9,14H,7,10H2,1-2H3;1H3;5*1H;;/q;;;;;;;;;+2;+3/p-5/t3*14-,17+;;;;;;;;/m000......../s1. The number of carboxylic acids is 1. The van der Waals surface area contributed by atoms with Gasteiger partial charge in [-0.3, -0.25) is 4.79 Å². The molecule has 3 aliphatic rings. The monoisotopic (exact) mass is 1800 g/mol. The average Bonchev–Trinajstić information content (AvgIpc) is 4.32. The van der Waals surface area contributed by atoms with Crippen LogP contribution in [0.1, 0.15) is 70.5 Å². The molecule has 3 aliphatic carbocycles. The molecule has 76 heavy (non-hydrogen) atoms. The summed E-state index contributed by atoms with van der Waals surface area (Å²) >= 11 is 14.3. The summed E-state index contributed by atoms with van der Waals surface area (Å²) in [5.41, 5.74) is 3.08. The SMILES string of the molecule is CI.Cc1ncc(OC[C@@]2(c3cccc(F)c3)C[C@H]2C(=O)O)c(C)n1.Cc1ncc(OC[C@@]2(c3cccc(F)c3)C[C@H]2C=O)c(C)n1.Cc1ncc(OC[C@@]2(c3cccc(F)c3)C[C@H]2CO)c(C)n1.[I][V]([I])[I].[I][V][I]. The Morgan fingerprint density at radius 2 is 0.987 bits per heavy atom. The summed E-state index contributed by atoms with van der Waals surface area (Å²) in [4.78, 5) is 49.4. The van der Waals surface area contributed by atoms with Gasteiger partial charge in [0, 0.05) is 28.8 Å². The van der Waals surface area contributed by atoms with Gasteiger partial charge in [-0.05, 0) is 125 Å². The van der Waals surface area contributed by atoms with E-state index in [1.54, 1.807) is 56.7 Å². The second-order valence-corrected chi connectivity index (χ2v) is 65.0. The summed E-state index contributed by atoms with van der Waals surface area (Å²) in [7, 11) is 0.628. The molecule has 2 N–H and O–H groups in total. The van der Waals surface area contributed by atoms with Crippen molar-refractivity contribution in [1.29, 1.82) is 0 Å². The summed E-state index contributed by atoms with van der Waals surface area (Å²) in [6.45, 7) is 11.9. The van der Waals surface area contributed by atoms with Crippen LogP contribution in [0.3, 0.4) is 0 Å². The maximum absolute atomic E-state index is 13.5. The van der Waals surface area contributed by atoms with Gasteiger partial charge in [-0.1, -0.05) is 59.0 Å². The first-order chi connectivity index (χ1) is 36.2. The predicted octanol–water partition coefficient (Wildman–Crippen LogP) is 13.5. The average molecular weight is 1800 g/mol. The molecule has 409 valence electrons. The van der Waals surface area contributed by atoms with E-state index < -0.39 is 22.7 Å². The van der Waals surface area contributed by atoms with E-state index in [2.05, 4.69) is 152 Å². The van der Waals surface area contributed by atoms with Crippen LogP contribution in [0.5, 0.6) is 17.2 Å². The van der Waals surface area contributed by atoms with E-state index in [9.17, 15) is 33.0 Å². The zero-order chi connectivity index (χ0) is 56.4. The van der Waals surface area contributed by atoms with Gasteiger partial charge in [0.15, 0.2) is 17.2 Å². The van der Waals surface area contributed by atoms with E-state index in [0.29, 0.717) is 81.5 Å². The number of hydrogen-bond donors (Lipinski definition) is 2. The van der Waals surface area contributed by atoms with Gasteiger partial charge < -0.3 is 29.2 Å². The quantitative estimate of drug-likeness (QED) is 0.0564. The van der Waals surface area contributed by atoms with Gasteiger partial charge in [0.05, 0.1) is 61.4 Å². The number of carbonyl (C=O) groups is 2. The molecule has 0 bridgehead atoms. The molecule has 13 nitrogen and oxygen atoms in total. The number of aromatic nitrogens is 6. The summed E-state index contributed by atoms with van der Waals surface area (Å²) in [5.74, 6) is 1.31. The normalized spacial score (nSPS) is 21.1. The van der Waals surface area contributed by atoms with Gasteiger partial charge in [-0.2, -0.15) is 0 Å². The molecular weight excluding hydrogens is 1740 g/mol. The van der Waals surface area contributed by atoms with Crippen molar-refractivity contribution in [3.63, 3.8) is 0 Å². The first-order valence-electron chi connectivity index (χ1n) is 23.1. The predicted molar refractivity (Wildman–Crippen MR) is 330 cm³/mol. The zero-order valence-corrected chi connectivity index (χ0v) is 58.1. The van der Waals surface area contributed by atoms with Gasteiger partial charge in [0.1, 0.15) is 41.2 Å². The Hall–Kier alpha value is -1.26. The van der Waals surface area contributed by atoms with E-state index in [1.807, 2.05) is 44.8 Å². The number of ether oxygens (including phenoxy) is 3. The summed E-state index contributed by atoms with van der Waals surface area (Å²) < 4.78 is 58.0. The molecule has 0 amide bonds. The molecule has 3 saturated carbocycles. The Bertz CT molecular complexity index is 2880. The molecule has 0 unspecified atom stereocenters. The third-order valence-electron chi connectivity index (χ3n) is 12.9. The molecule has 0 spiro atoms. The van der Waals surface area contributed by atoms with Crippen LogP contribution in [-0.4, -0.2) is 83.7 Å². The van der Waals surface area contributed by atoms with Crippen molar-refractivity contribution in [3.8, 4) is 17.2 Å². The number of benzene rings is 3. The number of hydrogen-bond acceptors (Lipinski definition) is 12. The third kappa shape index (κ3) is 19.4. The van der Waals surface area contributed by atoms with Crippen molar-refractivity contribution < 1.29 is 61.6 Å². The number of aryl methyl sites for hydroxylation is 6. The van der Waals surface area contributed by atoms with E-state index in [4.69, 9.17) is 14.2 Å². The Morgan fingerprint density at radius 1 is 0.645 bits per heavy atom. The van der Waals surface area contributed by atoms with Crippen molar-refractivity contribution in [2.24, 2.45) is 17.8 Å². The van der Waals surface area contributed by atoms with Crippen LogP contribution in [0.2, 0.25) is 0 Å². The van der Waals surface area contributed by atoms with Crippen LogP contribution >= 0.6 is 122 Å². The molecule has 0 saturated heterocycles. The fourth-order valence-electron chi connectivity index (χ4n) is 8.67. The third-order valence-corrected chi connectivity index (χ3v) is 12.9. The topological polar surface area (TPSA) is 180 Å². The van der Waals surface area contributed by atoms with Crippen LogP contribution < -0.4 is 14.2 Å². The van der Waals surface area contributed by atoms with Crippen LogP contribution in [0.25, 0.3) is 0 Å². The van der Waals surface area contributed by atoms with Crippen LogP contribution in [0, 0.1) is 76.7 Å². The summed E-state index contributed by atoms with van der Waals surface area (Å²) in [6.07, 6.45) is 7.69. The number of nitrogens with zero attached hydrogens (tertiary/aromatic N) is 6. The number of rotatable bonds is 15.